The third-order valence-electron chi connectivity index (χ3n) is 3.25. The first-order valence-corrected chi connectivity index (χ1v) is 7.16. The smallest absolute Gasteiger partial charge is 0.170 e. The van der Waals surface area contributed by atoms with E-state index in [4.69, 9.17) is 4.74 Å². The van der Waals surface area contributed by atoms with Crippen molar-refractivity contribution in [3.63, 3.8) is 0 Å². The number of aromatic nitrogens is 3. The lowest BCUT2D eigenvalue weighted by molar-refractivity contribution is 0.284. The van der Waals surface area contributed by atoms with Crippen LogP contribution in [0.25, 0.3) is 0 Å². The third-order valence-corrected chi connectivity index (χ3v) is 3.25. The highest BCUT2D eigenvalue weighted by Gasteiger charge is 2.13. The van der Waals surface area contributed by atoms with Gasteiger partial charge in [0.1, 0.15) is 18.7 Å². The Morgan fingerprint density at radius 2 is 2.05 bits per heavy atom. The average Bonchev–Trinajstić information content (AvgIpc) is 2.80. The normalized spacial score (nSPS) is 11.7. The highest BCUT2D eigenvalue weighted by Crippen LogP contribution is 2.24. The molecular weight excluding hydrogens is 264 g/mol. The Labute approximate surface area is 126 Å². The van der Waals surface area contributed by atoms with Crippen LogP contribution in [0.2, 0.25) is 0 Å². The predicted molar refractivity (Wildman–Crippen MR) is 83.1 cm³/mol. The Bertz CT molecular complexity index is 599. The van der Waals surface area contributed by atoms with Crippen molar-refractivity contribution in [2.24, 2.45) is 7.05 Å². The highest BCUT2D eigenvalue weighted by molar-refractivity contribution is 5.40. The monoisotopic (exact) mass is 288 g/mol. The van der Waals surface area contributed by atoms with Gasteiger partial charge in [0.25, 0.3) is 0 Å². The molecule has 2 aromatic rings. The van der Waals surface area contributed by atoms with Gasteiger partial charge in [0.15, 0.2) is 5.82 Å². The van der Waals surface area contributed by atoms with Gasteiger partial charge in [0, 0.05) is 24.7 Å². The van der Waals surface area contributed by atoms with E-state index in [1.165, 1.54) is 0 Å². The van der Waals surface area contributed by atoms with Crippen molar-refractivity contribution in [1.82, 2.24) is 20.1 Å². The van der Waals surface area contributed by atoms with Gasteiger partial charge in [-0.15, -0.1) is 10.2 Å². The molecule has 0 amide bonds. The van der Waals surface area contributed by atoms with Gasteiger partial charge in [0.05, 0.1) is 0 Å². The van der Waals surface area contributed by atoms with Crippen molar-refractivity contribution in [2.75, 3.05) is 0 Å². The van der Waals surface area contributed by atoms with E-state index in [1.54, 1.807) is 6.33 Å². The van der Waals surface area contributed by atoms with Crippen molar-refractivity contribution in [2.45, 2.75) is 46.4 Å². The van der Waals surface area contributed by atoms with Crippen molar-refractivity contribution in [3.05, 3.63) is 41.5 Å². The van der Waals surface area contributed by atoms with Gasteiger partial charge >= 0.3 is 0 Å². The molecule has 0 radical (unpaired) electrons. The quantitative estimate of drug-likeness (QED) is 0.919. The van der Waals surface area contributed by atoms with Gasteiger partial charge < -0.3 is 14.6 Å². The lowest BCUT2D eigenvalue weighted by Gasteiger charge is -2.22. The van der Waals surface area contributed by atoms with Gasteiger partial charge in [-0.05, 0) is 33.3 Å². The molecule has 1 heterocycles. The summed E-state index contributed by atoms with van der Waals surface area (Å²) >= 11 is 0. The van der Waals surface area contributed by atoms with E-state index in [0.29, 0.717) is 6.61 Å². The first-order valence-electron chi connectivity index (χ1n) is 7.16. The molecule has 0 saturated carbocycles. The van der Waals surface area contributed by atoms with Gasteiger partial charge in [-0.2, -0.15) is 0 Å². The van der Waals surface area contributed by atoms with Gasteiger partial charge in [0.2, 0.25) is 0 Å². The summed E-state index contributed by atoms with van der Waals surface area (Å²) in [7, 11) is 1.92. The molecule has 0 spiro atoms. The molecule has 1 aromatic carbocycles. The van der Waals surface area contributed by atoms with Crippen molar-refractivity contribution in [3.8, 4) is 5.75 Å². The van der Waals surface area contributed by atoms with Crippen LogP contribution < -0.4 is 10.1 Å². The van der Waals surface area contributed by atoms with E-state index in [-0.39, 0.29) is 5.54 Å². The Morgan fingerprint density at radius 1 is 1.29 bits per heavy atom. The zero-order valence-electron chi connectivity index (χ0n) is 13.5. The van der Waals surface area contributed by atoms with Crippen LogP contribution in [-0.2, 0) is 20.2 Å². The summed E-state index contributed by atoms with van der Waals surface area (Å²) in [4.78, 5) is 0. The molecule has 1 aromatic heterocycles. The van der Waals surface area contributed by atoms with Crippen molar-refractivity contribution >= 4 is 0 Å². The van der Waals surface area contributed by atoms with E-state index < -0.39 is 0 Å². The molecule has 2 rings (SSSR count). The molecule has 5 heteroatoms. The molecule has 5 nitrogen and oxygen atoms in total. The molecule has 0 aliphatic carbocycles. The van der Waals surface area contributed by atoms with Crippen LogP contribution >= 0.6 is 0 Å². The Balaban J connectivity index is 2.12. The number of rotatable bonds is 5. The number of benzene rings is 1. The highest BCUT2D eigenvalue weighted by atomic mass is 16.5. The van der Waals surface area contributed by atoms with E-state index in [0.717, 1.165) is 29.2 Å². The van der Waals surface area contributed by atoms with Gasteiger partial charge in [-0.1, -0.05) is 18.2 Å². The molecule has 1 N–H and O–H groups in total. The zero-order chi connectivity index (χ0) is 15.5. The standard InChI is InChI=1S/C16H24N4O/c1-12-7-6-8-13(9-17-16(2,3)4)15(12)21-10-14-19-18-11-20(14)5/h6-8,11,17H,9-10H2,1-5H3. The topological polar surface area (TPSA) is 52.0 Å². The van der Waals surface area contributed by atoms with Crippen molar-refractivity contribution in [1.29, 1.82) is 0 Å². The van der Waals surface area contributed by atoms with Crippen LogP contribution in [0.3, 0.4) is 0 Å². The minimum atomic E-state index is 0.0740. The fourth-order valence-electron chi connectivity index (χ4n) is 1.99. The minimum absolute atomic E-state index is 0.0740. The summed E-state index contributed by atoms with van der Waals surface area (Å²) in [6, 6.07) is 6.22. The van der Waals surface area contributed by atoms with Gasteiger partial charge in [-0.3, -0.25) is 0 Å². The summed E-state index contributed by atoms with van der Waals surface area (Å²) in [5.74, 6) is 1.74. The molecule has 114 valence electrons. The fraction of sp³-hybridized carbons (Fsp3) is 0.500. The third kappa shape index (κ3) is 4.29. The number of hydrogen-bond acceptors (Lipinski definition) is 4. The number of nitrogens with zero attached hydrogens (tertiary/aromatic N) is 3. The second-order valence-corrected chi connectivity index (χ2v) is 6.31. The SMILES string of the molecule is Cc1cccc(CNC(C)(C)C)c1OCc1nncn1C. The Hall–Kier alpha value is -1.88. The predicted octanol–water partition coefficient (Wildman–Crippen LogP) is 2.59. The number of ether oxygens (including phenoxy) is 1. The number of aryl methyl sites for hydroxylation is 2. The second kappa shape index (κ2) is 6.26. The first-order chi connectivity index (χ1) is 9.87. The Morgan fingerprint density at radius 3 is 2.67 bits per heavy atom. The molecule has 0 aliphatic heterocycles. The summed E-state index contributed by atoms with van der Waals surface area (Å²) in [5, 5.41) is 11.4. The summed E-state index contributed by atoms with van der Waals surface area (Å²) < 4.78 is 7.86. The summed E-state index contributed by atoms with van der Waals surface area (Å²) in [6.45, 7) is 9.73. The van der Waals surface area contributed by atoms with Gasteiger partial charge in [-0.25, -0.2) is 0 Å². The van der Waals surface area contributed by atoms with E-state index in [9.17, 15) is 0 Å². The van der Waals surface area contributed by atoms with Crippen LogP contribution in [-0.4, -0.2) is 20.3 Å². The average molecular weight is 288 g/mol. The number of hydrogen-bond donors (Lipinski definition) is 1. The van der Waals surface area contributed by atoms with Crippen molar-refractivity contribution < 1.29 is 4.74 Å². The maximum Gasteiger partial charge on any atom is 0.170 e. The summed E-state index contributed by atoms with van der Waals surface area (Å²) in [6.07, 6.45) is 1.68. The van der Waals surface area contributed by atoms with Crippen LogP contribution in [0.4, 0.5) is 0 Å². The largest absolute Gasteiger partial charge is 0.485 e. The van der Waals surface area contributed by atoms with Crippen LogP contribution in [0, 0.1) is 6.92 Å². The second-order valence-electron chi connectivity index (χ2n) is 6.31. The van der Waals surface area contributed by atoms with Crippen LogP contribution in [0.15, 0.2) is 24.5 Å². The lowest BCUT2D eigenvalue weighted by Crippen LogP contribution is -2.35. The molecule has 0 atom stereocenters. The maximum absolute atomic E-state index is 6.00. The fourth-order valence-corrected chi connectivity index (χ4v) is 1.99. The molecular formula is C16H24N4O. The first kappa shape index (κ1) is 15.5. The maximum atomic E-state index is 6.00. The Kier molecular flexibility index (Phi) is 4.63. The molecule has 0 fully saturated rings. The van der Waals surface area contributed by atoms with E-state index in [1.807, 2.05) is 11.6 Å². The zero-order valence-corrected chi connectivity index (χ0v) is 13.5. The van der Waals surface area contributed by atoms with Crippen LogP contribution in [0.5, 0.6) is 5.75 Å². The summed E-state index contributed by atoms with van der Waals surface area (Å²) in [5.41, 5.74) is 2.36. The molecule has 21 heavy (non-hydrogen) atoms. The molecule has 0 unspecified atom stereocenters. The lowest BCUT2D eigenvalue weighted by atomic mass is 10.1. The van der Waals surface area contributed by atoms with Crippen LogP contribution in [0.1, 0.15) is 37.7 Å². The van der Waals surface area contributed by atoms with E-state index in [2.05, 4.69) is 61.4 Å². The number of nitrogens with one attached hydrogen (secondary N) is 1. The minimum Gasteiger partial charge on any atom is -0.485 e. The number of para-hydroxylation sites is 1. The molecule has 0 aliphatic rings. The van der Waals surface area contributed by atoms with E-state index >= 15 is 0 Å². The molecule has 0 bridgehead atoms. The molecule has 0 saturated heterocycles.